The SMILES string of the molecule is COC(=O)c1nc(NC(=O)c2ccccc2C)n[nH]1. The highest BCUT2D eigenvalue weighted by atomic mass is 16.5. The van der Waals surface area contributed by atoms with Gasteiger partial charge in [0.25, 0.3) is 5.91 Å². The molecule has 0 saturated carbocycles. The second-order valence-electron chi connectivity index (χ2n) is 3.77. The summed E-state index contributed by atoms with van der Waals surface area (Å²) in [6.45, 7) is 1.83. The Labute approximate surface area is 109 Å². The smallest absolute Gasteiger partial charge is 0.375 e. The quantitative estimate of drug-likeness (QED) is 0.807. The van der Waals surface area contributed by atoms with Crippen LogP contribution in [0.3, 0.4) is 0 Å². The fourth-order valence-electron chi connectivity index (χ4n) is 1.50. The summed E-state index contributed by atoms with van der Waals surface area (Å²) in [5.74, 6) is -1.03. The lowest BCUT2D eigenvalue weighted by molar-refractivity contribution is 0.0587. The first-order valence-electron chi connectivity index (χ1n) is 5.49. The van der Waals surface area contributed by atoms with E-state index in [4.69, 9.17) is 0 Å². The number of amides is 1. The van der Waals surface area contributed by atoms with Crippen molar-refractivity contribution in [2.75, 3.05) is 12.4 Å². The van der Waals surface area contributed by atoms with E-state index in [0.717, 1.165) is 5.56 Å². The molecule has 0 aliphatic heterocycles. The van der Waals surface area contributed by atoms with Crippen LogP contribution in [-0.2, 0) is 4.74 Å². The van der Waals surface area contributed by atoms with Crippen LogP contribution in [0.25, 0.3) is 0 Å². The third kappa shape index (κ3) is 2.76. The number of carbonyl (C=O) groups excluding carboxylic acids is 2. The number of benzene rings is 1. The number of anilines is 1. The minimum Gasteiger partial charge on any atom is -0.463 e. The zero-order chi connectivity index (χ0) is 13.8. The number of esters is 1. The predicted octanol–water partition coefficient (Wildman–Crippen LogP) is 1.15. The molecular weight excluding hydrogens is 248 g/mol. The summed E-state index contributed by atoms with van der Waals surface area (Å²) in [7, 11) is 1.23. The molecule has 7 nitrogen and oxygen atoms in total. The number of aromatic amines is 1. The van der Waals surface area contributed by atoms with Crippen molar-refractivity contribution in [1.82, 2.24) is 15.2 Å². The molecule has 0 bridgehead atoms. The summed E-state index contributed by atoms with van der Waals surface area (Å²) in [6.07, 6.45) is 0. The number of hydrogen-bond donors (Lipinski definition) is 2. The van der Waals surface area contributed by atoms with Gasteiger partial charge in [0.15, 0.2) is 0 Å². The van der Waals surface area contributed by atoms with Crippen LogP contribution in [0, 0.1) is 6.92 Å². The largest absolute Gasteiger partial charge is 0.463 e. The Kier molecular flexibility index (Phi) is 3.56. The lowest BCUT2D eigenvalue weighted by Crippen LogP contribution is -2.14. The first-order valence-corrected chi connectivity index (χ1v) is 5.49. The van der Waals surface area contributed by atoms with Crippen molar-refractivity contribution in [3.63, 3.8) is 0 Å². The highest BCUT2D eigenvalue weighted by Crippen LogP contribution is 2.09. The first kappa shape index (κ1) is 12.7. The van der Waals surface area contributed by atoms with Gasteiger partial charge in [-0.05, 0) is 18.6 Å². The monoisotopic (exact) mass is 260 g/mol. The molecule has 98 valence electrons. The fraction of sp³-hybridized carbons (Fsp3) is 0.167. The second kappa shape index (κ2) is 5.30. The van der Waals surface area contributed by atoms with Crippen LogP contribution in [0.4, 0.5) is 5.95 Å². The summed E-state index contributed by atoms with van der Waals surface area (Å²) in [6, 6.07) is 7.12. The van der Waals surface area contributed by atoms with Crippen LogP contribution in [0.5, 0.6) is 0 Å². The first-order chi connectivity index (χ1) is 9.11. The van der Waals surface area contributed by atoms with Crippen molar-refractivity contribution in [3.05, 3.63) is 41.2 Å². The Morgan fingerprint density at radius 1 is 1.32 bits per heavy atom. The molecule has 0 saturated heterocycles. The van der Waals surface area contributed by atoms with Gasteiger partial charge in [-0.2, -0.15) is 4.98 Å². The molecule has 2 rings (SSSR count). The molecule has 0 unspecified atom stereocenters. The van der Waals surface area contributed by atoms with Gasteiger partial charge in [0.05, 0.1) is 7.11 Å². The standard InChI is InChI=1S/C12H12N4O3/c1-7-5-3-4-6-8(7)10(17)14-12-13-9(15-16-12)11(18)19-2/h3-6H,1-2H3,(H2,13,14,15,16,17). The van der Waals surface area contributed by atoms with E-state index in [9.17, 15) is 9.59 Å². The summed E-state index contributed by atoms with van der Waals surface area (Å²) in [5.41, 5.74) is 1.36. The van der Waals surface area contributed by atoms with E-state index in [-0.39, 0.29) is 17.7 Å². The lowest BCUT2D eigenvalue weighted by Gasteiger charge is -2.03. The zero-order valence-corrected chi connectivity index (χ0v) is 10.4. The van der Waals surface area contributed by atoms with E-state index in [2.05, 4.69) is 25.2 Å². The normalized spacial score (nSPS) is 10.0. The van der Waals surface area contributed by atoms with Gasteiger partial charge in [0.1, 0.15) is 0 Å². The number of nitrogens with zero attached hydrogens (tertiary/aromatic N) is 2. The van der Waals surface area contributed by atoms with Crippen LogP contribution >= 0.6 is 0 Å². The number of H-pyrrole nitrogens is 1. The molecule has 2 N–H and O–H groups in total. The minimum absolute atomic E-state index is 0.0219. The summed E-state index contributed by atoms with van der Waals surface area (Å²) >= 11 is 0. The molecule has 0 aliphatic carbocycles. The molecular formula is C12H12N4O3. The van der Waals surface area contributed by atoms with Gasteiger partial charge in [-0.1, -0.05) is 18.2 Å². The van der Waals surface area contributed by atoms with E-state index in [0.29, 0.717) is 5.56 Å². The van der Waals surface area contributed by atoms with Crippen molar-refractivity contribution in [1.29, 1.82) is 0 Å². The molecule has 7 heteroatoms. The van der Waals surface area contributed by atoms with E-state index in [1.54, 1.807) is 12.1 Å². The molecule has 0 atom stereocenters. The highest BCUT2D eigenvalue weighted by Gasteiger charge is 2.15. The Bertz CT molecular complexity index is 621. The molecule has 0 spiro atoms. The fourth-order valence-corrected chi connectivity index (χ4v) is 1.50. The zero-order valence-electron chi connectivity index (χ0n) is 10.4. The Hall–Kier alpha value is -2.70. The third-order valence-corrected chi connectivity index (χ3v) is 2.48. The molecule has 1 amide bonds. The van der Waals surface area contributed by atoms with Crippen molar-refractivity contribution in [3.8, 4) is 0 Å². The Balaban J connectivity index is 2.14. The number of ether oxygens (including phenoxy) is 1. The van der Waals surface area contributed by atoms with Crippen LogP contribution in [0.15, 0.2) is 24.3 Å². The van der Waals surface area contributed by atoms with Crippen molar-refractivity contribution in [2.45, 2.75) is 6.92 Å². The van der Waals surface area contributed by atoms with Crippen molar-refractivity contribution >= 4 is 17.8 Å². The summed E-state index contributed by atoms with van der Waals surface area (Å²) in [4.78, 5) is 26.9. The van der Waals surface area contributed by atoms with Gasteiger partial charge < -0.3 is 4.74 Å². The molecule has 0 fully saturated rings. The van der Waals surface area contributed by atoms with Gasteiger partial charge in [-0.25, -0.2) is 4.79 Å². The van der Waals surface area contributed by atoms with E-state index in [1.807, 2.05) is 19.1 Å². The summed E-state index contributed by atoms with van der Waals surface area (Å²) in [5, 5.41) is 8.59. The maximum Gasteiger partial charge on any atom is 0.375 e. The number of carbonyl (C=O) groups is 2. The Morgan fingerprint density at radius 3 is 2.74 bits per heavy atom. The van der Waals surface area contributed by atoms with Gasteiger partial charge in [0, 0.05) is 5.56 Å². The van der Waals surface area contributed by atoms with Crippen LogP contribution in [0.1, 0.15) is 26.5 Å². The Morgan fingerprint density at radius 2 is 2.05 bits per heavy atom. The number of hydrogen-bond acceptors (Lipinski definition) is 5. The number of nitrogens with one attached hydrogen (secondary N) is 2. The molecule has 2 aromatic rings. The summed E-state index contributed by atoms with van der Waals surface area (Å²) < 4.78 is 4.47. The van der Waals surface area contributed by atoms with E-state index < -0.39 is 5.97 Å². The van der Waals surface area contributed by atoms with Gasteiger partial charge in [-0.3, -0.25) is 15.2 Å². The predicted molar refractivity (Wildman–Crippen MR) is 66.9 cm³/mol. The topological polar surface area (TPSA) is 97.0 Å². The van der Waals surface area contributed by atoms with E-state index >= 15 is 0 Å². The minimum atomic E-state index is -0.649. The average molecular weight is 260 g/mol. The maximum absolute atomic E-state index is 12.0. The van der Waals surface area contributed by atoms with Gasteiger partial charge in [-0.15, -0.1) is 5.10 Å². The van der Waals surface area contributed by atoms with Crippen molar-refractivity contribution < 1.29 is 14.3 Å². The number of aromatic nitrogens is 3. The second-order valence-corrected chi connectivity index (χ2v) is 3.77. The molecule has 1 aromatic heterocycles. The van der Waals surface area contributed by atoms with Crippen molar-refractivity contribution in [2.24, 2.45) is 0 Å². The average Bonchev–Trinajstić information content (AvgIpc) is 2.86. The number of methoxy groups -OCH3 is 1. The number of rotatable bonds is 3. The highest BCUT2D eigenvalue weighted by molar-refractivity contribution is 6.04. The molecule has 19 heavy (non-hydrogen) atoms. The number of aryl methyl sites for hydroxylation is 1. The molecule has 1 heterocycles. The molecule has 1 aromatic carbocycles. The van der Waals surface area contributed by atoms with Gasteiger partial charge in [0.2, 0.25) is 11.8 Å². The molecule has 0 aliphatic rings. The van der Waals surface area contributed by atoms with Crippen LogP contribution in [-0.4, -0.2) is 34.2 Å². The maximum atomic E-state index is 12.0. The van der Waals surface area contributed by atoms with Gasteiger partial charge >= 0.3 is 5.97 Å². The van der Waals surface area contributed by atoms with Crippen LogP contribution < -0.4 is 5.32 Å². The van der Waals surface area contributed by atoms with Crippen LogP contribution in [0.2, 0.25) is 0 Å². The third-order valence-electron chi connectivity index (χ3n) is 2.48. The molecule has 0 radical (unpaired) electrons. The lowest BCUT2D eigenvalue weighted by atomic mass is 10.1. The van der Waals surface area contributed by atoms with E-state index in [1.165, 1.54) is 7.11 Å².